The zero-order valence-electron chi connectivity index (χ0n) is 13.3. The van der Waals surface area contributed by atoms with Gasteiger partial charge in [-0.15, -0.1) is 0 Å². The second-order valence-electron chi connectivity index (χ2n) is 5.30. The van der Waals surface area contributed by atoms with Crippen molar-refractivity contribution >= 4 is 17.3 Å². The van der Waals surface area contributed by atoms with Gasteiger partial charge in [0, 0.05) is 24.8 Å². The van der Waals surface area contributed by atoms with E-state index in [-0.39, 0.29) is 0 Å². The topological polar surface area (TPSA) is 41.0 Å². The molecule has 0 radical (unpaired) electrons. The van der Waals surface area contributed by atoms with Crippen LogP contribution in [-0.2, 0) is 0 Å². The third-order valence-corrected chi connectivity index (χ3v) is 3.59. The van der Waals surface area contributed by atoms with Crippen LogP contribution in [-0.4, -0.2) is 23.1 Å². The van der Waals surface area contributed by atoms with Crippen LogP contribution in [0.4, 0.5) is 17.3 Å². The van der Waals surface area contributed by atoms with Crippen LogP contribution in [0, 0.1) is 0 Å². The summed E-state index contributed by atoms with van der Waals surface area (Å²) in [4.78, 5) is 10.9. The molecule has 0 spiro atoms. The Morgan fingerprint density at radius 3 is 2.48 bits per heavy atom. The molecule has 2 aromatic rings. The van der Waals surface area contributed by atoms with Gasteiger partial charge < -0.3 is 10.2 Å². The summed E-state index contributed by atoms with van der Waals surface area (Å²) in [7, 11) is 0. The summed E-state index contributed by atoms with van der Waals surface area (Å²) in [6, 6.07) is 10.4. The van der Waals surface area contributed by atoms with Gasteiger partial charge in [-0.3, -0.25) is 0 Å². The van der Waals surface area contributed by atoms with Crippen LogP contribution < -0.4 is 10.2 Å². The first kappa shape index (κ1) is 15.3. The predicted molar refractivity (Wildman–Crippen MR) is 89.4 cm³/mol. The van der Waals surface area contributed by atoms with Crippen LogP contribution in [0.5, 0.6) is 0 Å². The SMILES string of the molecule is CCN(CC)c1cc(Nc2ccccc2C(C)C)ncn1. The van der Waals surface area contributed by atoms with E-state index < -0.39 is 0 Å². The van der Waals surface area contributed by atoms with E-state index in [4.69, 9.17) is 0 Å². The molecule has 0 aliphatic carbocycles. The number of hydrogen-bond acceptors (Lipinski definition) is 4. The van der Waals surface area contributed by atoms with Crippen molar-refractivity contribution in [2.24, 2.45) is 0 Å². The van der Waals surface area contributed by atoms with E-state index in [0.29, 0.717) is 5.92 Å². The van der Waals surface area contributed by atoms with Gasteiger partial charge in [0.05, 0.1) is 0 Å². The summed E-state index contributed by atoms with van der Waals surface area (Å²) in [6.45, 7) is 10.5. The Kier molecular flexibility index (Phi) is 5.14. The Bertz CT molecular complexity index is 577. The molecule has 0 saturated heterocycles. The van der Waals surface area contributed by atoms with Crippen molar-refractivity contribution in [3.8, 4) is 0 Å². The second-order valence-corrected chi connectivity index (χ2v) is 5.30. The van der Waals surface area contributed by atoms with Crippen molar-refractivity contribution in [1.29, 1.82) is 0 Å². The monoisotopic (exact) mass is 284 g/mol. The Morgan fingerprint density at radius 1 is 1.10 bits per heavy atom. The molecule has 4 heteroatoms. The maximum absolute atomic E-state index is 4.36. The van der Waals surface area contributed by atoms with Crippen LogP contribution >= 0.6 is 0 Å². The molecule has 0 aliphatic rings. The number of rotatable bonds is 6. The van der Waals surface area contributed by atoms with E-state index in [1.807, 2.05) is 12.1 Å². The Labute approximate surface area is 127 Å². The molecule has 21 heavy (non-hydrogen) atoms. The molecule has 1 N–H and O–H groups in total. The number of hydrogen-bond donors (Lipinski definition) is 1. The fraction of sp³-hybridized carbons (Fsp3) is 0.412. The van der Waals surface area contributed by atoms with Crippen molar-refractivity contribution in [2.45, 2.75) is 33.6 Å². The molecule has 0 atom stereocenters. The van der Waals surface area contributed by atoms with Crippen molar-refractivity contribution in [2.75, 3.05) is 23.3 Å². The molecule has 0 unspecified atom stereocenters. The lowest BCUT2D eigenvalue weighted by atomic mass is 10.0. The molecule has 112 valence electrons. The molecule has 0 saturated carbocycles. The third-order valence-electron chi connectivity index (χ3n) is 3.59. The van der Waals surface area contributed by atoms with E-state index in [1.54, 1.807) is 6.33 Å². The highest BCUT2D eigenvalue weighted by atomic mass is 15.2. The summed E-state index contributed by atoms with van der Waals surface area (Å²) in [5.74, 6) is 2.26. The van der Waals surface area contributed by atoms with E-state index in [2.05, 4.69) is 66.1 Å². The lowest BCUT2D eigenvalue weighted by Crippen LogP contribution is -2.23. The first-order valence-electron chi connectivity index (χ1n) is 7.58. The summed E-state index contributed by atoms with van der Waals surface area (Å²) >= 11 is 0. The van der Waals surface area contributed by atoms with E-state index in [1.165, 1.54) is 5.56 Å². The van der Waals surface area contributed by atoms with Crippen LogP contribution in [0.2, 0.25) is 0 Å². The van der Waals surface area contributed by atoms with Gasteiger partial charge in [0.1, 0.15) is 18.0 Å². The van der Waals surface area contributed by atoms with Gasteiger partial charge >= 0.3 is 0 Å². The molecular formula is C17H24N4. The minimum absolute atomic E-state index is 0.470. The van der Waals surface area contributed by atoms with E-state index >= 15 is 0 Å². The average Bonchev–Trinajstić information content (AvgIpc) is 2.49. The molecule has 4 nitrogen and oxygen atoms in total. The summed E-state index contributed by atoms with van der Waals surface area (Å²) in [5.41, 5.74) is 2.40. The minimum atomic E-state index is 0.470. The molecule has 1 aromatic heterocycles. The maximum atomic E-state index is 4.36. The molecule has 0 fully saturated rings. The fourth-order valence-corrected chi connectivity index (χ4v) is 2.39. The average molecular weight is 284 g/mol. The van der Waals surface area contributed by atoms with Crippen molar-refractivity contribution in [1.82, 2.24) is 9.97 Å². The zero-order valence-corrected chi connectivity index (χ0v) is 13.3. The minimum Gasteiger partial charge on any atom is -0.357 e. The van der Waals surface area contributed by atoms with Crippen molar-refractivity contribution in [3.63, 3.8) is 0 Å². The zero-order chi connectivity index (χ0) is 15.2. The van der Waals surface area contributed by atoms with Crippen LogP contribution in [0.15, 0.2) is 36.7 Å². The summed E-state index contributed by atoms with van der Waals surface area (Å²) in [6.07, 6.45) is 1.62. The number of para-hydroxylation sites is 1. The smallest absolute Gasteiger partial charge is 0.135 e. The number of nitrogens with one attached hydrogen (secondary N) is 1. The number of benzene rings is 1. The van der Waals surface area contributed by atoms with Crippen molar-refractivity contribution in [3.05, 3.63) is 42.2 Å². The Morgan fingerprint density at radius 2 is 1.81 bits per heavy atom. The molecule has 0 aliphatic heterocycles. The Hall–Kier alpha value is -2.10. The normalized spacial score (nSPS) is 10.7. The summed E-state index contributed by atoms with van der Waals surface area (Å²) in [5, 5.41) is 3.42. The van der Waals surface area contributed by atoms with Gasteiger partial charge in [-0.25, -0.2) is 9.97 Å². The van der Waals surface area contributed by atoms with Gasteiger partial charge in [-0.2, -0.15) is 0 Å². The van der Waals surface area contributed by atoms with Gasteiger partial charge in [0.15, 0.2) is 0 Å². The van der Waals surface area contributed by atoms with E-state index in [9.17, 15) is 0 Å². The van der Waals surface area contributed by atoms with E-state index in [0.717, 1.165) is 30.4 Å². The van der Waals surface area contributed by atoms with Crippen LogP contribution in [0.1, 0.15) is 39.2 Å². The molecule has 0 amide bonds. The number of nitrogens with zero attached hydrogens (tertiary/aromatic N) is 3. The molecule has 2 rings (SSSR count). The molecular weight excluding hydrogens is 260 g/mol. The lowest BCUT2D eigenvalue weighted by Gasteiger charge is -2.20. The number of anilines is 3. The van der Waals surface area contributed by atoms with Gasteiger partial charge in [0.2, 0.25) is 0 Å². The highest BCUT2D eigenvalue weighted by Crippen LogP contribution is 2.26. The van der Waals surface area contributed by atoms with Crippen LogP contribution in [0.25, 0.3) is 0 Å². The number of aromatic nitrogens is 2. The highest BCUT2D eigenvalue weighted by Gasteiger charge is 2.08. The first-order chi connectivity index (χ1) is 10.2. The fourth-order valence-electron chi connectivity index (χ4n) is 2.39. The molecule has 0 bridgehead atoms. The maximum Gasteiger partial charge on any atom is 0.135 e. The Balaban J connectivity index is 2.26. The van der Waals surface area contributed by atoms with Gasteiger partial charge in [-0.05, 0) is 31.4 Å². The quantitative estimate of drug-likeness (QED) is 0.863. The highest BCUT2D eigenvalue weighted by molar-refractivity contribution is 5.63. The predicted octanol–water partition coefficient (Wildman–Crippen LogP) is 4.19. The van der Waals surface area contributed by atoms with Gasteiger partial charge in [0.25, 0.3) is 0 Å². The third kappa shape index (κ3) is 3.72. The second kappa shape index (κ2) is 7.07. The molecule has 1 aromatic carbocycles. The van der Waals surface area contributed by atoms with Gasteiger partial charge in [-0.1, -0.05) is 32.0 Å². The van der Waals surface area contributed by atoms with Crippen molar-refractivity contribution < 1.29 is 0 Å². The van der Waals surface area contributed by atoms with Crippen LogP contribution in [0.3, 0.4) is 0 Å². The standard InChI is InChI=1S/C17H24N4/c1-5-21(6-2)17-11-16(18-12-19-17)20-15-10-8-7-9-14(15)13(3)4/h7-13H,5-6H2,1-4H3,(H,18,19,20). The summed E-state index contributed by atoms with van der Waals surface area (Å²) < 4.78 is 0. The molecule has 1 heterocycles. The largest absolute Gasteiger partial charge is 0.357 e. The first-order valence-corrected chi connectivity index (χ1v) is 7.58. The lowest BCUT2D eigenvalue weighted by molar-refractivity contribution is 0.842.